The summed E-state index contributed by atoms with van der Waals surface area (Å²) in [6.07, 6.45) is -1.41. The van der Waals surface area contributed by atoms with Crippen molar-refractivity contribution >= 4 is 34.2 Å². The number of aliphatic imine (C=N–C) groups is 1. The topological polar surface area (TPSA) is 57.4 Å². The molecule has 1 aromatic carbocycles. The molecular formula is C11H9ClF3N3OS. The molecule has 0 heterocycles. The van der Waals surface area contributed by atoms with Gasteiger partial charge in [0, 0.05) is 0 Å². The summed E-state index contributed by atoms with van der Waals surface area (Å²) in [6.45, 7) is 1.56. The Morgan fingerprint density at radius 1 is 1.50 bits per heavy atom. The molecule has 0 aliphatic rings. The van der Waals surface area contributed by atoms with Crippen LogP contribution in [-0.4, -0.2) is 17.8 Å². The molecule has 0 fully saturated rings. The maximum absolute atomic E-state index is 12.2. The average molecular weight is 324 g/mol. The Bertz CT molecular complexity index is 569. The van der Waals surface area contributed by atoms with Crippen LogP contribution in [0.3, 0.4) is 0 Å². The first kappa shape index (κ1) is 16.5. The van der Waals surface area contributed by atoms with Crippen LogP contribution in [0, 0.1) is 18.4 Å². The minimum absolute atomic E-state index is 0.218. The first-order chi connectivity index (χ1) is 9.26. The number of hydrogen-bond acceptors (Lipinski definition) is 4. The highest BCUT2D eigenvalue weighted by Gasteiger charge is 2.32. The van der Waals surface area contributed by atoms with E-state index in [2.05, 4.69) is 15.0 Å². The van der Waals surface area contributed by atoms with Crippen molar-refractivity contribution < 1.29 is 17.9 Å². The lowest BCUT2D eigenvalue weighted by Gasteiger charge is -2.12. The van der Waals surface area contributed by atoms with E-state index in [0.717, 1.165) is 6.07 Å². The first-order valence-electron chi connectivity index (χ1n) is 5.10. The number of alkyl halides is 3. The van der Waals surface area contributed by atoms with Crippen molar-refractivity contribution in [1.82, 2.24) is 5.32 Å². The Morgan fingerprint density at radius 3 is 2.65 bits per heavy atom. The molecule has 20 heavy (non-hydrogen) atoms. The number of halogens is 4. The van der Waals surface area contributed by atoms with Gasteiger partial charge in [-0.15, -0.1) is 13.2 Å². The molecule has 9 heteroatoms. The third-order valence-corrected chi connectivity index (χ3v) is 2.93. The number of aryl methyl sites for hydroxylation is 1. The zero-order valence-electron chi connectivity index (χ0n) is 10.4. The van der Waals surface area contributed by atoms with Crippen LogP contribution in [0.5, 0.6) is 5.75 Å². The number of ether oxygens (including phenoxy) is 1. The third kappa shape index (κ3) is 4.83. The Labute approximate surface area is 122 Å². The van der Waals surface area contributed by atoms with Gasteiger partial charge in [0.2, 0.25) is 0 Å². The molecule has 0 aromatic heterocycles. The highest BCUT2D eigenvalue weighted by molar-refractivity contribution is 8.13. The van der Waals surface area contributed by atoms with E-state index in [1.807, 2.05) is 0 Å². The van der Waals surface area contributed by atoms with Gasteiger partial charge in [0.15, 0.2) is 11.4 Å². The van der Waals surface area contributed by atoms with Crippen LogP contribution in [0.2, 0.25) is 5.02 Å². The zero-order chi connectivity index (χ0) is 15.3. The second-order valence-corrected chi connectivity index (χ2v) is 4.68. The lowest BCUT2D eigenvalue weighted by Crippen LogP contribution is -2.17. The van der Waals surface area contributed by atoms with E-state index in [0.29, 0.717) is 16.4 Å². The molecule has 1 aromatic rings. The van der Waals surface area contributed by atoms with Crippen molar-refractivity contribution in [3.63, 3.8) is 0 Å². The summed E-state index contributed by atoms with van der Waals surface area (Å²) >= 11 is 6.90. The zero-order valence-corrected chi connectivity index (χ0v) is 11.9. The van der Waals surface area contributed by atoms with Crippen molar-refractivity contribution in [1.29, 1.82) is 5.26 Å². The van der Waals surface area contributed by atoms with Crippen LogP contribution in [0.1, 0.15) is 5.56 Å². The molecule has 0 radical (unpaired) electrons. The fraction of sp³-hybridized carbons (Fsp3) is 0.273. The molecule has 108 valence electrons. The molecule has 4 nitrogen and oxygen atoms in total. The van der Waals surface area contributed by atoms with Gasteiger partial charge in [0.25, 0.3) is 0 Å². The van der Waals surface area contributed by atoms with E-state index in [4.69, 9.17) is 16.9 Å². The van der Waals surface area contributed by atoms with E-state index in [9.17, 15) is 13.2 Å². The van der Waals surface area contributed by atoms with Crippen LogP contribution in [0.4, 0.5) is 18.9 Å². The Morgan fingerprint density at radius 2 is 2.15 bits per heavy atom. The van der Waals surface area contributed by atoms with Crippen molar-refractivity contribution in [2.24, 2.45) is 4.99 Å². The number of benzene rings is 1. The number of nitriles is 1. The molecule has 0 aliphatic carbocycles. The van der Waals surface area contributed by atoms with Crippen LogP contribution >= 0.6 is 23.4 Å². The quantitative estimate of drug-likeness (QED) is 0.387. The molecule has 0 aliphatic heterocycles. The van der Waals surface area contributed by atoms with Crippen molar-refractivity contribution in [3.05, 3.63) is 22.7 Å². The molecule has 1 N–H and O–H groups in total. The van der Waals surface area contributed by atoms with Gasteiger partial charge in [-0.05, 0) is 30.9 Å². The summed E-state index contributed by atoms with van der Waals surface area (Å²) in [5.41, 5.74) is 0.775. The van der Waals surface area contributed by atoms with E-state index in [1.54, 1.807) is 19.4 Å². The maximum atomic E-state index is 12.2. The Balaban J connectivity index is 3.15. The van der Waals surface area contributed by atoms with Crippen LogP contribution in [0.25, 0.3) is 0 Å². The lowest BCUT2D eigenvalue weighted by molar-refractivity contribution is -0.274. The normalized spacial score (nSPS) is 11.9. The Hall–Kier alpha value is -1.59. The van der Waals surface area contributed by atoms with Gasteiger partial charge < -0.3 is 4.74 Å². The number of thioether (sulfide) groups is 1. The van der Waals surface area contributed by atoms with Gasteiger partial charge >= 0.3 is 6.36 Å². The van der Waals surface area contributed by atoms with Crippen LogP contribution < -0.4 is 10.1 Å². The summed E-state index contributed by atoms with van der Waals surface area (Å²) < 4.78 is 40.3. The SMILES string of the molecule is CSC(=Nc1cc(Cl)c(OC(F)(F)F)cc1C)NC#N. The Kier molecular flexibility index (Phi) is 5.53. The highest BCUT2D eigenvalue weighted by Crippen LogP contribution is 2.35. The minimum Gasteiger partial charge on any atom is -0.404 e. The fourth-order valence-electron chi connectivity index (χ4n) is 1.25. The number of nitrogens with zero attached hydrogens (tertiary/aromatic N) is 2. The molecule has 0 saturated heterocycles. The van der Waals surface area contributed by atoms with Gasteiger partial charge in [-0.1, -0.05) is 23.4 Å². The number of hydrogen-bond donors (Lipinski definition) is 1. The third-order valence-electron chi connectivity index (χ3n) is 2.05. The molecule has 0 spiro atoms. The van der Waals surface area contributed by atoms with Gasteiger partial charge in [-0.3, -0.25) is 5.32 Å². The summed E-state index contributed by atoms with van der Waals surface area (Å²) in [7, 11) is 0. The summed E-state index contributed by atoms with van der Waals surface area (Å²) in [4.78, 5) is 4.09. The number of rotatable bonds is 2. The predicted octanol–water partition coefficient (Wildman–Crippen LogP) is 3.97. The molecule has 0 bridgehead atoms. The standard InChI is InChI=1S/C11H9ClF3N3OS/c1-6-3-9(19-11(13,14)15)7(12)4-8(6)18-10(20-2)17-5-16/h3-4H,1-2H3,(H,17,18). The van der Waals surface area contributed by atoms with E-state index < -0.39 is 12.1 Å². The molecule has 0 amide bonds. The monoisotopic (exact) mass is 323 g/mol. The van der Waals surface area contributed by atoms with Crippen LogP contribution in [0.15, 0.2) is 17.1 Å². The molecule has 0 atom stereocenters. The fourth-order valence-corrected chi connectivity index (χ4v) is 1.78. The average Bonchev–Trinajstić information content (AvgIpc) is 2.32. The number of nitrogens with one attached hydrogen (secondary N) is 1. The van der Waals surface area contributed by atoms with Crippen LogP contribution in [-0.2, 0) is 0 Å². The maximum Gasteiger partial charge on any atom is 0.573 e. The number of amidine groups is 1. The summed E-state index contributed by atoms with van der Waals surface area (Å²) in [6, 6.07) is 2.38. The molecule has 1 rings (SSSR count). The predicted molar refractivity (Wildman–Crippen MR) is 72.2 cm³/mol. The minimum atomic E-state index is -4.81. The first-order valence-corrected chi connectivity index (χ1v) is 6.70. The van der Waals surface area contributed by atoms with Crippen molar-refractivity contribution in [2.45, 2.75) is 13.3 Å². The lowest BCUT2D eigenvalue weighted by atomic mass is 10.2. The van der Waals surface area contributed by atoms with Gasteiger partial charge in [-0.2, -0.15) is 5.26 Å². The van der Waals surface area contributed by atoms with E-state index >= 15 is 0 Å². The molecule has 0 unspecified atom stereocenters. The van der Waals surface area contributed by atoms with Crippen molar-refractivity contribution in [3.8, 4) is 11.9 Å². The van der Waals surface area contributed by atoms with Crippen molar-refractivity contribution in [2.75, 3.05) is 6.26 Å². The van der Waals surface area contributed by atoms with Gasteiger partial charge in [-0.25, -0.2) is 4.99 Å². The molecular weight excluding hydrogens is 315 g/mol. The summed E-state index contributed by atoms with van der Waals surface area (Å²) in [5, 5.41) is 10.9. The highest BCUT2D eigenvalue weighted by atomic mass is 35.5. The van der Waals surface area contributed by atoms with Gasteiger partial charge in [0.1, 0.15) is 5.75 Å². The second kappa shape index (κ2) is 6.72. The van der Waals surface area contributed by atoms with E-state index in [-0.39, 0.29) is 5.02 Å². The largest absolute Gasteiger partial charge is 0.573 e. The molecule has 0 saturated carbocycles. The summed E-state index contributed by atoms with van der Waals surface area (Å²) in [5.74, 6) is -0.491. The van der Waals surface area contributed by atoms with Gasteiger partial charge in [0.05, 0.1) is 10.7 Å². The smallest absolute Gasteiger partial charge is 0.404 e. The second-order valence-electron chi connectivity index (χ2n) is 3.47. The van der Waals surface area contributed by atoms with E-state index in [1.165, 1.54) is 17.8 Å².